The molecular weight excluding hydrogens is 212 g/mol. The molecule has 0 aromatic heterocycles. The summed E-state index contributed by atoms with van der Waals surface area (Å²) in [5.41, 5.74) is 18.7. The number of anilines is 2. The first kappa shape index (κ1) is 13.8. The molecule has 96 valence electrons. The van der Waals surface area contributed by atoms with Gasteiger partial charge in [-0.2, -0.15) is 0 Å². The summed E-state index contributed by atoms with van der Waals surface area (Å²) in [4.78, 5) is 0. The molecule has 0 amide bonds. The summed E-state index contributed by atoms with van der Waals surface area (Å²) in [6.07, 6.45) is 3.38. The minimum Gasteiger partial charge on any atom is -0.398 e. The number of nitrogens with two attached hydrogens (primary N) is 2. The number of hydrogen-bond donors (Lipinski definition) is 3. The lowest BCUT2D eigenvalue weighted by atomic mass is 9.89. The van der Waals surface area contributed by atoms with Crippen molar-refractivity contribution < 1.29 is 5.11 Å². The first-order valence-electron chi connectivity index (χ1n) is 6.37. The third kappa shape index (κ3) is 2.55. The molecule has 0 atom stereocenters. The van der Waals surface area contributed by atoms with Crippen LogP contribution in [0.2, 0.25) is 0 Å². The summed E-state index contributed by atoms with van der Waals surface area (Å²) in [6.45, 7) is 6.46. The van der Waals surface area contributed by atoms with Crippen molar-refractivity contribution in [3.63, 3.8) is 0 Å². The molecule has 0 radical (unpaired) electrons. The number of aliphatic hydroxyl groups excluding tert-OH is 1. The van der Waals surface area contributed by atoms with Gasteiger partial charge in [0.25, 0.3) is 0 Å². The van der Waals surface area contributed by atoms with Crippen molar-refractivity contribution in [2.75, 3.05) is 18.1 Å². The smallest absolute Gasteiger partial charge is 0.0434 e. The van der Waals surface area contributed by atoms with Crippen LogP contribution in [0.15, 0.2) is 0 Å². The van der Waals surface area contributed by atoms with Gasteiger partial charge in [0, 0.05) is 18.0 Å². The van der Waals surface area contributed by atoms with E-state index in [1.165, 1.54) is 11.1 Å². The molecule has 0 saturated carbocycles. The summed E-state index contributed by atoms with van der Waals surface area (Å²) in [5, 5.41) is 8.97. The molecule has 0 aliphatic heterocycles. The van der Waals surface area contributed by atoms with Crippen LogP contribution in [-0.2, 0) is 19.3 Å². The van der Waals surface area contributed by atoms with Gasteiger partial charge in [0.05, 0.1) is 0 Å². The van der Waals surface area contributed by atoms with Crippen LogP contribution in [-0.4, -0.2) is 11.7 Å². The predicted molar refractivity (Wildman–Crippen MR) is 74.2 cm³/mol. The van der Waals surface area contributed by atoms with Gasteiger partial charge in [-0.3, -0.25) is 0 Å². The molecule has 0 saturated heterocycles. The molecule has 0 fully saturated rings. The van der Waals surface area contributed by atoms with Gasteiger partial charge in [-0.05, 0) is 54.9 Å². The quantitative estimate of drug-likeness (QED) is 0.686. The van der Waals surface area contributed by atoms with E-state index < -0.39 is 0 Å². The van der Waals surface area contributed by atoms with Gasteiger partial charge in [0.15, 0.2) is 0 Å². The summed E-state index contributed by atoms with van der Waals surface area (Å²) in [5.74, 6) is 0. The van der Waals surface area contributed by atoms with E-state index in [0.29, 0.717) is 0 Å². The number of aliphatic hydroxyl groups is 1. The number of rotatable bonds is 5. The molecule has 0 heterocycles. The zero-order chi connectivity index (χ0) is 13.0. The van der Waals surface area contributed by atoms with Crippen molar-refractivity contribution in [1.29, 1.82) is 0 Å². The van der Waals surface area contributed by atoms with Crippen molar-refractivity contribution in [1.82, 2.24) is 0 Å². The lowest BCUT2D eigenvalue weighted by molar-refractivity contribution is 0.288. The molecule has 0 aliphatic carbocycles. The standard InChI is InChI=1S/C14H24N2O/c1-4-10-9(3)13(15)11(5-2)14(16)12(10)7-6-8-17/h17H,4-8,15-16H2,1-3H3. The third-order valence-corrected chi connectivity index (χ3v) is 3.49. The van der Waals surface area contributed by atoms with E-state index in [4.69, 9.17) is 16.6 Å². The van der Waals surface area contributed by atoms with Crippen molar-refractivity contribution in [2.24, 2.45) is 0 Å². The van der Waals surface area contributed by atoms with Crippen molar-refractivity contribution in [3.8, 4) is 0 Å². The molecule has 0 bridgehead atoms. The van der Waals surface area contributed by atoms with E-state index in [1.807, 2.05) is 0 Å². The van der Waals surface area contributed by atoms with Crippen LogP contribution in [0.25, 0.3) is 0 Å². The van der Waals surface area contributed by atoms with Crippen molar-refractivity contribution >= 4 is 11.4 Å². The maximum Gasteiger partial charge on any atom is 0.0434 e. The zero-order valence-electron chi connectivity index (χ0n) is 11.1. The Kier molecular flexibility index (Phi) is 4.82. The van der Waals surface area contributed by atoms with Gasteiger partial charge in [-0.25, -0.2) is 0 Å². The summed E-state index contributed by atoms with van der Waals surface area (Å²) >= 11 is 0. The van der Waals surface area contributed by atoms with Gasteiger partial charge >= 0.3 is 0 Å². The SMILES string of the molecule is CCc1c(N)c(C)c(CC)c(CCCO)c1N. The molecule has 3 heteroatoms. The second kappa shape index (κ2) is 5.92. The van der Waals surface area contributed by atoms with Gasteiger partial charge in [0.1, 0.15) is 0 Å². The first-order chi connectivity index (χ1) is 8.08. The number of nitrogen functional groups attached to an aromatic ring is 2. The van der Waals surface area contributed by atoms with Crippen LogP contribution in [0.4, 0.5) is 11.4 Å². The summed E-state index contributed by atoms with van der Waals surface area (Å²) in [7, 11) is 0. The maximum absolute atomic E-state index is 8.97. The lowest BCUT2D eigenvalue weighted by Crippen LogP contribution is -2.10. The van der Waals surface area contributed by atoms with E-state index in [0.717, 1.165) is 48.2 Å². The Hall–Kier alpha value is -1.22. The second-order valence-electron chi connectivity index (χ2n) is 4.42. The molecule has 1 rings (SSSR count). The van der Waals surface area contributed by atoms with Crippen LogP contribution in [0.3, 0.4) is 0 Å². The van der Waals surface area contributed by atoms with Crippen LogP contribution in [0.1, 0.15) is 42.5 Å². The highest BCUT2D eigenvalue weighted by Gasteiger charge is 2.16. The normalized spacial score (nSPS) is 10.8. The average Bonchev–Trinajstić information content (AvgIpc) is 2.33. The van der Waals surface area contributed by atoms with Gasteiger partial charge in [-0.15, -0.1) is 0 Å². The molecule has 1 aromatic rings. The number of hydrogen-bond acceptors (Lipinski definition) is 3. The van der Waals surface area contributed by atoms with Crippen molar-refractivity contribution in [3.05, 3.63) is 22.3 Å². The Balaban J connectivity index is 3.38. The lowest BCUT2D eigenvalue weighted by Gasteiger charge is -2.20. The molecule has 3 nitrogen and oxygen atoms in total. The number of benzene rings is 1. The first-order valence-corrected chi connectivity index (χ1v) is 6.37. The van der Waals surface area contributed by atoms with Crippen LogP contribution >= 0.6 is 0 Å². The zero-order valence-corrected chi connectivity index (χ0v) is 11.1. The molecule has 17 heavy (non-hydrogen) atoms. The molecule has 1 aromatic carbocycles. The highest BCUT2D eigenvalue weighted by Crippen LogP contribution is 2.33. The Bertz CT molecular complexity index is 400. The van der Waals surface area contributed by atoms with Gasteiger partial charge < -0.3 is 16.6 Å². The van der Waals surface area contributed by atoms with E-state index in [9.17, 15) is 0 Å². The minimum absolute atomic E-state index is 0.202. The van der Waals surface area contributed by atoms with E-state index in [-0.39, 0.29) is 6.61 Å². The fraction of sp³-hybridized carbons (Fsp3) is 0.571. The average molecular weight is 236 g/mol. The topological polar surface area (TPSA) is 72.3 Å². The van der Waals surface area contributed by atoms with E-state index >= 15 is 0 Å². The highest BCUT2D eigenvalue weighted by molar-refractivity contribution is 5.72. The molecular formula is C14H24N2O. The predicted octanol–water partition coefficient (Wildman–Crippen LogP) is 2.21. The Morgan fingerprint density at radius 2 is 1.53 bits per heavy atom. The van der Waals surface area contributed by atoms with Gasteiger partial charge in [0.2, 0.25) is 0 Å². The molecule has 0 aliphatic rings. The Morgan fingerprint density at radius 3 is 2.00 bits per heavy atom. The highest BCUT2D eigenvalue weighted by atomic mass is 16.2. The minimum atomic E-state index is 0.202. The fourth-order valence-electron chi connectivity index (χ4n) is 2.51. The van der Waals surface area contributed by atoms with E-state index in [1.54, 1.807) is 0 Å². The monoisotopic (exact) mass is 236 g/mol. The van der Waals surface area contributed by atoms with E-state index in [2.05, 4.69) is 20.8 Å². The van der Waals surface area contributed by atoms with Crippen LogP contribution in [0.5, 0.6) is 0 Å². The van der Waals surface area contributed by atoms with Crippen LogP contribution in [0, 0.1) is 6.92 Å². The fourth-order valence-corrected chi connectivity index (χ4v) is 2.51. The van der Waals surface area contributed by atoms with Crippen LogP contribution < -0.4 is 11.5 Å². The summed E-state index contributed by atoms with van der Waals surface area (Å²) < 4.78 is 0. The Labute approximate surface area is 104 Å². The van der Waals surface area contributed by atoms with Gasteiger partial charge in [-0.1, -0.05) is 13.8 Å². The Morgan fingerprint density at radius 1 is 0.941 bits per heavy atom. The maximum atomic E-state index is 8.97. The molecule has 5 N–H and O–H groups in total. The van der Waals surface area contributed by atoms with Crippen molar-refractivity contribution in [2.45, 2.75) is 46.5 Å². The molecule has 0 spiro atoms. The second-order valence-corrected chi connectivity index (χ2v) is 4.42. The summed E-state index contributed by atoms with van der Waals surface area (Å²) in [6, 6.07) is 0. The largest absolute Gasteiger partial charge is 0.398 e. The molecule has 0 unspecified atom stereocenters. The third-order valence-electron chi connectivity index (χ3n) is 3.49.